The van der Waals surface area contributed by atoms with Gasteiger partial charge in [-0.2, -0.15) is 13.2 Å². The zero-order valence-corrected chi connectivity index (χ0v) is 21.0. The first-order valence-electron chi connectivity index (χ1n) is 12.3. The first-order chi connectivity index (χ1) is 17.5. The minimum atomic E-state index is -4.62. The number of rotatable bonds is 4. The largest absolute Gasteiger partial charge is 0.416 e. The number of hydrogen-bond acceptors (Lipinski definition) is 5. The van der Waals surface area contributed by atoms with Crippen molar-refractivity contribution in [1.82, 2.24) is 14.9 Å². The van der Waals surface area contributed by atoms with Crippen molar-refractivity contribution in [3.05, 3.63) is 69.3 Å². The van der Waals surface area contributed by atoms with E-state index in [0.717, 1.165) is 25.5 Å². The summed E-state index contributed by atoms with van der Waals surface area (Å²) in [6.07, 6.45) is -2.72. The van der Waals surface area contributed by atoms with Gasteiger partial charge in [0.05, 0.1) is 29.1 Å². The second-order valence-electron chi connectivity index (χ2n) is 10.2. The molecule has 2 saturated heterocycles. The van der Waals surface area contributed by atoms with Crippen molar-refractivity contribution in [2.24, 2.45) is 5.41 Å². The van der Waals surface area contributed by atoms with E-state index in [1.807, 2.05) is 4.90 Å². The Balaban J connectivity index is 1.40. The second-order valence-corrected chi connectivity index (χ2v) is 10.2. The third-order valence-corrected chi connectivity index (χ3v) is 7.76. The molecule has 2 fully saturated rings. The number of ether oxygens (including phenoxy) is 1. The number of carbonyl (C=O) groups excluding carboxylic acids is 1. The standard InChI is InChI=1S/C27H29F3N4O3/c1-16(20-12-21-23(13-22(20)27(28,29)30)31-17(2)32-24(21)35)33(3)19-6-4-18(5-7-19)25(36)34-10-8-26(14-34)9-11-37-15-26/h4-7,12-13,16H,8-11,14-15H2,1-3H3,(H,31,32,35). The lowest BCUT2D eigenvalue weighted by Crippen LogP contribution is -2.32. The summed E-state index contributed by atoms with van der Waals surface area (Å²) in [5.74, 6) is 0.195. The predicted molar refractivity (Wildman–Crippen MR) is 134 cm³/mol. The average Bonchev–Trinajstić information content (AvgIpc) is 3.51. The highest BCUT2D eigenvalue weighted by molar-refractivity contribution is 5.94. The number of nitrogens with one attached hydrogen (secondary N) is 1. The highest BCUT2D eigenvalue weighted by atomic mass is 19.4. The molecule has 3 aromatic rings. The topological polar surface area (TPSA) is 78.5 Å². The van der Waals surface area contributed by atoms with Gasteiger partial charge in [0.1, 0.15) is 5.82 Å². The van der Waals surface area contributed by atoms with E-state index in [4.69, 9.17) is 4.74 Å². The minimum absolute atomic E-state index is 0.00269. The number of carbonyl (C=O) groups is 1. The van der Waals surface area contributed by atoms with Gasteiger partial charge in [-0.3, -0.25) is 9.59 Å². The van der Waals surface area contributed by atoms with Crippen LogP contribution in [0.5, 0.6) is 0 Å². The van der Waals surface area contributed by atoms with Gasteiger partial charge >= 0.3 is 6.18 Å². The maximum atomic E-state index is 14.0. The molecule has 1 amide bonds. The van der Waals surface area contributed by atoms with Gasteiger partial charge in [0.15, 0.2) is 0 Å². The Morgan fingerprint density at radius 2 is 1.95 bits per heavy atom. The number of anilines is 1. The van der Waals surface area contributed by atoms with Crippen LogP contribution in [0.1, 0.15) is 53.1 Å². The molecule has 196 valence electrons. The molecule has 2 aliphatic rings. The van der Waals surface area contributed by atoms with Crippen LogP contribution in [0.4, 0.5) is 18.9 Å². The molecule has 0 radical (unpaired) electrons. The summed E-state index contributed by atoms with van der Waals surface area (Å²) in [5, 5.41) is 0.103. The molecule has 0 saturated carbocycles. The lowest BCUT2D eigenvalue weighted by atomic mass is 9.87. The Morgan fingerprint density at radius 3 is 2.59 bits per heavy atom. The van der Waals surface area contributed by atoms with E-state index in [1.54, 1.807) is 43.1 Å². The van der Waals surface area contributed by atoms with Crippen LogP contribution >= 0.6 is 0 Å². The molecule has 2 aromatic carbocycles. The van der Waals surface area contributed by atoms with Crippen molar-refractivity contribution >= 4 is 22.5 Å². The highest BCUT2D eigenvalue weighted by Gasteiger charge is 2.43. The molecule has 2 atom stereocenters. The molecule has 7 nitrogen and oxygen atoms in total. The number of halogens is 3. The highest BCUT2D eigenvalue weighted by Crippen LogP contribution is 2.40. The molecule has 5 rings (SSSR count). The van der Waals surface area contributed by atoms with Crippen molar-refractivity contribution in [2.75, 3.05) is 38.3 Å². The average molecular weight is 515 g/mol. The van der Waals surface area contributed by atoms with Crippen molar-refractivity contribution in [3.8, 4) is 0 Å². The summed E-state index contributed by atoms with van der Waals surface area (Å²) in [7, 11) is 1.69. The van der Waals surface area contributed by atoms with Crippen molar-refractivity contribution in [2.45, 2.75) is 38.9 Å². The normalized spacial score (nSPS) is 20.6. The van der Waals surface area contributed by atoms with Crippen molar-refractivity contribution in [3.63, 3.8) is 0 Å². The molecular weight excluding hydrogens is 485 g/mol. The lowest BCUT2D eigenvalue weighted by Gasteiger charge is -2.30. The number of H-pyrrole nitrogens is 1. The van der Waals surface area contributed by atoms with Gasteiger partial charge in [-0.25, -0.2) is 4.98 Å². The monoisotopic (exact) mass is 514 g/mol. The fraction of sp³-hybridized carbons (Fsp3) is 0.444. The van der Waals surface area contributed by atoms with Crippen LogP contribution in [-0.2, 0) is 10.9 Å². The first kappa shape index (κ1) is 25.3. The number of benzene rings is 2. The molecule has 3 heterocycles. The van der Waals surface area contributed by atoms with Crippen LogP contribution in [0.2, 0.25) is 0 Å². The van der Waals surface area contributed by atoms with Gasteiger partial charge in [0, 0.05) is 43.4 Å². The Morgan fingerprint density at radius 1 is 1.22 bits per heavy atom. The lowest BCUT2D eigenvalue weighted by molar-refractivity contribution is -0.138. The molecule has 10 heteroatoms. The maximum absolute atomic E-state index is 14.0. The number of aryl methyl sites for hydroxylation is 1. The fourth-order valence-corrected chi connectivity index (χ4v) is 5.44. The van der Waals surface area contributed by atoms with Crippen LogP contribution in [0, 0.1) is 12.3 Å². The van der Waals surface area contributed by atoms with E-state index < -0.39 is 23.3 Å². The maximum Gasteiger partial charge on any atom is 0.416 e. The second kappa shape index (κ2) is 9.16. The predicted octanol–water partition coefficient (Wildman–Crippen LogP) is 4.70. The van der Waals surface area contributed by atoms with Gasteiger partial charge < -0.3 is 19.5 Å². The third kappa shape index (κ3) is 4.70. The molecule has 2 unspecified atom stereocenters. The number of amides is 1. The summed E-state index contributed by atoms with van der Waals surface area (Å²) in [6, 6.07) is 8.39. The number of alkyl halides is 3. The molecule has 2 aliphatic heterocycles. The molecule has 1 spiro atoms. The van der Waals surface area contributed by atoms with E-state index in [-0.39, 0.29) is 33.6 Å². The smallest absolute Gasteiger partial charge is 0.381 e. The van der Waals surface area contributed by atoms with Crippen LogP contribution < -0.4 is 10.5 Å². The summed E-state index contributed by atoms with van der Waals surface area (Å²) in [6.45, 7) is 5.97. The number of hydrogen-bond donors (Lipinski definition) is 1. The number of aromatic nitrogens is 2. The Kier molecular flexibility index (Phi) is 6.26. The number of nitrogens with zero attached hydrogens (tertiary/aromatic N) is 3. The Bertz CT molecular complexity index is 1400. The quantitative estimate of drug-likeness (QED) is 0.546. The molecule has 37 heavy (non-hydrogen) atoms. The number of likely N-dealkylation sites (tertiary alicyclic amines) is 1. The molecule has 0 aliphatic carbocycles. The van der Waals surface area contributed by atoms with E-state index >= 15 is 0 Å². The van der Waals surface area contributed by atoms with Crippen LogP contribution in [-0.4, -0.2) is 54.1 Å². The zero-order chi connectivity index (χ0) is 26.5. The minimum Gasteiger partial charge on any atom is -0.381 e. The number of fused-ring (bicyclic) bond motifs is 1. The molecule has 1 aromatic heterocycles. The van der Waals surface area contributed by atoms with Crippen molar-refractivity contribution in [1.29, 1.82) is 0 Å². The van der Waals surface area contributed by atoms with Gasteiger partial charge in [-0.05, 0) is 68.7 Å². The summed E-state index contributed by atoms with van der Waals surface area (Å²) in [4.78, 5) is 35.7. The van der Waals surface area contributed by atoms with Gasteiger partial charge in [-0.1, -0.05) is 0 Å². The van der Waals surface area contributed by atoms with Gasteiger partial charge in [0.25, 0.3) is 11.5 Å². The summed E-state index contributed by atoms with van der Waals surface area (Å²) < 4.78 is 47.6. The van der Waals surface area contributed by atoms with E-state index in [1.165, 1.54) is 13.0 Å². The number of aromatic amines is 1. The van der Waals surface area contributed by atoms with E-state index in [0.29, 0.717) is 30.9 Å². The molecule has 0 bridgehead atoms. The SMILES string of the molecule is Cc1nc2cc(C(F)(F)F)c(C(C)N(C)c3ccc(C(=O)N4CCC5(CCOC5)C4)cc3)cc2c(=O)[nH]1. The first-order valence-corrected chi connectivity index (χ1v) is 12.3. The van der Waals surface area contributed by atoms with Crippen LogP contribution in [0.3, 0.4) is 0 Å². The van der Waals surface area contributed by atoms with E-state index in [2.05, 4.69) is 9.97 Å². The summed E-state index contributed by atoms with van der Waals surface area (Å²) >= 11 is 0. The molecular formula is C27H29F3N4O3. The van der Waals surface area contributed by atoms with Gasteiger partial charge in [-0.15, -0.1) is 0 Å². The Hall–Kier alpha value is -3.40. The third-order valence-electron chi connectivity index (χ3n) is 7.76. The van der Waals surface area contributed by atoms with Crippen molar-refractivity contribution < 1.29 is 22.7 Å². The van der Waals surface area contributed by atoms with E-state index in [9.17, 15) is 22.8 Å². The van der Waals surface area contributed by atoms with Gasteiger partial charge in [0.2, 0.25) is 0 Å². The van der Waals surface area contributed by atoms with Crippen LogP contribution in [0.25, 0.3) is 10.9 Å². The zero-order valence-electron chi connectivity index (χ0n) is 21.0. The molecule has 1 N–H and O–H groups in total. The summed E-state index contributed by atoms with van der Waals surface area (Å²) in [5.41, 5.74) is -0.0869. The fourth-order valence-electron chi connectivity index (χ4n) is 5.44. The Labute approximate surface area is 212 Å². The van der Waals surface area contributed by atoms with Crippen LogP contribution in [0.15, 0.2) is 41.2 Å².